The molecule has 1 amide bonds. The summed E-state index contributed by atoms with van der Waals surface area (Å²) < 4.78 is 1.77. The molecule has 2 heterocycles. The second-order valence-electron chi connectivity index (χ2n) is 7.37. The molecule has 1 aliphatic heterocycles. The number of carbonyl (C=O) groups excluding carboxylic acids is 2. The zero-order valence-electron chi connectivity index (χ0n) is 16.3. The van der Waals surface area contributed by atoms with Crippen LogP contribution in [-0.2, 0) is 0 Å². The maximum absolute atomic E-state index is 13.0. The van der Waals surface area contributed by atoms with E-state index in [0.717, 1.165) is 11.4 Å². The molecule has 6 nitrogen and oxygen atoms in total. The first-order chi connectivity index (χ1) is 14.0. The monoisotopic (exact) mass is 389 g/mol. The molecule has 0 spiro atoms. The van der Waals surface area contributed by atoms with E-state index in [4.69, 9.17) is 0 Å². The summed E-state index contributed by atoms with van der Waals surface area (Å²) in [5, 5.41) is 13.8. The van der Waals surface area contributed by atoms with Gasteiger partial charge in [-0.2, -0.15) is 5.10 Å². The van der Waals surface area contributed by atoms with Crippen molar-refractivity contribution in [1.82, 2.24) is 14.7 Å². The number of hydrogen-bond donors (Lipinski definition) is 1. The molecule has 0 bridgehead atoms. The lowest BCUT2D eigenvalue weighted by Gasteiger charge is -2.31. The van der Waals surface area contributed by atoms with E-state index in [0.29, 0.717) is 37.1 Å². The Labute approximate surface area is 169 Å². The van der Waals surface area contributed by atoms with Crippen molar-refractivity contribution in [3.8, 4) is 11.4 Å². The second kappa shape index (κ2) is 7.91. The van der Waals surface area contributed by atoms with Gasteiger partial charge in [0.2, 0.25) is 0 Å². The van der Waals surface area contributed by atoms with Crippen molar-refractivity contribution in [1.29, 1.82) is 0 Å². The highest BCUT2D eigenvalue weighted by Crippen LogP contribution is 2.25. The van der Waals surface area contributed by atoms with Crippen molar-refractivity contribution in [3.63, 3.8) is 0 Å². The number of phenolic OH excluding ortho intramolecular Hbond substituents is 1. The molecule has 1 fully saturated rings. The third-order valence-corrected chi connectivity index (χ3v) is 5.55. The fourth-order valence-corrected chi connectivity index (χ4v) is 3.83. The van der Waals surface area contributed by atoms with Crippen LogP contribution in [0.1, 0.15) is 39.3 Å². The Kier molecular flexibility index (Phi) is 5.16. The van der Waals surface area contributed by atoms with Crippen LogP contribution in [0.5, 0.6) is 5.75 Å². The molecular formula is C23H23N3O3. The summed E-state index contributed by atoms with van der Waals surface area (Å²) in [4.78, 5) is 27.5. The Balaban J connectivity index is 1.42. The minimum absolute atomic E-state index is 0.0415. The van der Waals surface area contributed by atoms with Gasteiger partial charge in [-0.1, -0.05) is 18.2 Å². The van der Waals surface area contributed by atoms with E-state index in [1.165, 1.54) is 12.1 Å². The molecule has 0 saturated carbocycles. The molecule has 6 heteroatoms. The highest BCUT2D eigenvalue weighted by molar-refractivity contribution is 5.98. The Bertz CT molecular complexity index is 1020. The van der Waals surface area contributed by atoms with Gasteiger partial charge in [0.1, 0.15) is 5.75 Å². The van der Waals surface area contributed by atoms with Crippen LogP contribution < -0.4 is 0 Å². The van der Waals surface area contributed by atoms with Gasteiger partial charge in [-0.15, -0.1) is 0 Å². The largest absolute Gasteiger partial charge is 0.508 e. The lowest BCUT2D eigenvalue weighted by atomic mass is 9.88. The van der Waals surface area contributed by atoms with Gasteiger partial charge in [0, 0.05) is 24.6 Å². The quantitative estimate of drug-likeness (QED) is 0.692. The number of rotatable bonds is 4. The topological polar surface area (TPSA) is 75.4 Å². The molecular weight excluding hydrogens is 366 g/mol. The summed E-state index contributed by atoms with van der Waals surface area (Å²) >= 11 is 0. The van der Waals surface area contributed by atoms with Gasteiger partial charge in [-0.3, -0.25) is 9.59 Å². The zero-order valence-corrected chi connectivity index (χ0v) is 16.3. The lowest BCUT2D eigenvalue weighted by Crippen LogP contribution is -2.40. The third-order valence-electron chi connectivity index (χ3n) is 5.55. The maximum Gasteiger partial charge on any atom is 0.257 e. The van der Waals surface area contributed by atoms with Crippen LogP contribution in [0, 0.1) is 12.8 Å². The molecule has 1 aliphatic rings. The number of hydrogen-bond acceptors (Lipinski definition) is 4. The van der Waals surface area contributed by atoms with Gasteiger partial charge >= 0.3 is 0 Å². The number of piperidine rings is 1. The molecule has 1 saturated heterocycles. The summed E-state index contributed by atoms with van der Waals surface area (Å²) in [5.74, 6) is 0.0792. The molecule has 148 valence electrons. The van der Waals surface area contributed by atoms with E-state index in [-0.39, 0.29) is 23.4 Å². The van der Waals surface area contributed by atoms with Crippen LogP contribution in [0.15, 0.2) is 60.8 Å². The van der Waals surface area contributed by atoms with E-state index in [2.05, 4.69) is 5.10 Å². The minimum Gasteiger partial charge on any atom is -0.508 e. The van der Waals surface area contributed by atoms with Crippen molar-refractivity contribution in [3.05, 3.63) is 77.6 Å². The SMILES string of the molecule is Cc1c(C(=O)N2CCC(C(=O)c3ccc(O)cc3)CC2)cnn1-c1ccccc1. The van der Waals surface area contributed by atoms with Crippen molar-refractivity contribution in [2.24, 2.45) is 5.92 Å². The smallest absolute Gasteiger partial charge is 0.257 e. The first kappa shape index (κ1) is 18.9. The first-order valence-electron chi connectivity index (χ1n) is 9.77. The number of aromatic nitrogens is 2. The average Bonchev–Trinajstić information content (AvgIpc) is 3.15. The Morgan fingerprint density at radius 3 is 2.31 bits per heavy atom. The van der Waals surface area contributed by atoms with Crippen LogP contribution in [0.3, 0.4) is 0 Å². The number of para-hydroxylation sites is 1. The molecule has 1 N–H and O–H groups in total. The van der Waals surface area contributed by atoms with Crippen LogP contribution >= 0.6 is 0 Å². The molecule has 4 rings (SSSR count). The average molecular weight is 389 g/mol. The molecule has 0 atom stereocenters. The number of amides is 1. The number of phenols is 1. The fourth-order valence-electron chi connectivity index (χ4n) is 3.83. The number of aromatic hydroxyl groups is 1. The fraction of sp³-hybridized carbons (Fsp3) is 0.261. The third kappa shape index (κ3) is 3.78. The van der Waals surface area contributed by atoms with Gasteiger partial charge in [0.05, 0.1) is 23.1 Å². The summed E-state index contributed by atoms with van der Waals surface area (Å²) in [6.45, 7) is 2.99. The van der Waals surface area contributed by atoms with Gasteiger partial charge in [-0.25, -0.2) is 4.68 Å². The zero-order chi connectivity index (χ0) is 20.4. The van der Waals surface area contributed by atoms with Gasteiger partial charge in [0.15, 0.2) is 5.78 Å². The number of nitrogens with zero attached hydrogens (tertiary/aromatic N) is 3. The normalized spacial score (nSPS) is 14.7. The highest BCUT2D eigenvalue weighted by Gasteiger charge is 2.29. The molecule has 2 aromatic carbocycles. The number of Topliss-reactive ketones (excluding diaryl/α,β-unsaturated/α-hetero) is 1. The van der Waals surface area contributed by atoms with Gasteiger partial charge in [0.25, 0.3) is 5.91 Å². The summed E-state index contributed by atoms with van der Waals surface area (Å²) in [7, 11) is 0. The van der Waals surface area contributed by atoms with Crippen LogP contribution in [-0.4, -0.2) is 44.6 Å². The van der Waals surface area contributed by atoms with Gasteiger partial charge in [-0.05, 0) is 56.2 Å². The molecule has 1 aromatic heterocycles. The number of likely N-dealkylation sites (tertiary alicyclic amines) is 1. The molecule has 3 aromatic rings. The summed E-state index contributed by atoms with van der Waals surface area (Å²) in [6.07, 6.45) is 2.90. The summed E-state index contributed by atoms with van der Waals surface area (Å²) in [5.41, 5.74) is 2.93. The Morgan fingerprint density at radius 1 is 1.00 bits per heavy atom. The van der Waals surface area contributed by atoms with Crippen molar-refractivity contribution < 1.29 is 14.7 Å². The van der Waals surface area contributed by atoms with E-state index in [1.54, 1.807) is 27.9 Å². The number of carbonyl (C=O) groups is 2. The van der Waals surface area contributed by atoms with Crippen LogP contribution in [0.4, 0.5) is 0 Å². The highest BCUT2D eigenvalue weighted by atomic mass is 16.3. The predicted octanol–water partition coefficient (Wildman–Crippen LogP) is 3.62. The van der Waals surface area contributed by atoms with E-state index in [1.807, 2.05) is 37.3 Å². The van der Waals surface area contributed by atoms with Crippen molar-refractivity contribution in [2.45, 2.75) is 19.8 Å². The van der Waals surface area contributed by atoms with Crippen molar-refractivity contribution in [2.75, 3.05) is 13.1 Å². The Morgan fingerprint density at radius 2 is 1.66 bits per heavy atom. The number of ketones is 1. The minimum atomic E-state index is -0.100. The van der Waals surface area contributed by atoms with Gasteiger partial charge < -0.3 is 10.0 Å². The standard InChI is InChI=1S/C23H23N3O3/c1-16-21(15-24-26(16)19-5-3-2-4-6-19)23(29)25-13-11-18(12-14-25)22(28)17-7-9-20(27)10-8-17/h2-10,15,18,27H,11-14H2,1H3. The number of benzene rings is 2. The summed E-state index contributed by atoms with van der Waals surface area (Å²) in [6, 6.07) is 16.1. The van der Waals surface area contributed by atoms with E-state index < -0.39 is 0 Å². The first-order valence-corrected chi connectivity index (χ1v) is 9.77. The molecule has 0 aliphatic carbocycles. The van der Waals surface area contributed by atoms with E-state index in [9.17, 15) is 14.7 Å². The van der Waals surface area contributed by atoms with Crippen molar-refractivity contribution >= 4 is 11.7 Å². The van der Waals surface area contributed by atoms with E-state index >= 15 is 0 Å². The molecule has 0 unspecified atom stereocenters. The maximum atomic E-state index is 13.0. The second-order valence-corrected chi connectivity index (χ2v) is 7.37. The van der Waals surface area contributed by atoms with Crippen LogP contribution in [0.25, 0.3) is 5.69 Å². The predicted molar refractivity (Wildman–Crippen MR) is 109 cm³/mol. The molecule has 0 radical (unpaired) electrons. The molecule has 29 heavy (non-hydrogen) atoms. The lowest BCUT2D eigenvalue weighted by molar-refractivity contribution is 0.0649. The Hall–Kier alpha value is -3.41. The van der Waals surface area contributed by atoms with Crippen LogP contribution in [0.2, 0.25) is 0 Å².